The van der Waals surface area contributed by atoms with Crippen LogP contribution < -0.4 is 5.46 Å². The van der Waals surface area contributed by atoms with Crippen molar-refractivity contribution in [1.82, 2.24) is 19.6 Å². The van der Waals surface area contributed by atoms with Gasteiger partial charge < -0.3 is 27.9 Å². The van der Waals surface area contributed by atoms with Gasteiger partial charge in [0.1, 0.15) is 0 Å². The predicted molar refractivity (Wildman–Crippen MR) is 212 cm³/mol. The summed E-state index contributed by atoms with van der Waals surface area (Å²) in [5.74, 6) is 0. The summed E-state index contributed by atoms with van der Waals surface area (Å²) in [4.78, 5) is 0. The summed E-state index contributed by atoms with van der Waals surface area (Å²) in [7, 11) is -1.29. The molecule has 0 unspecified atom stereocenters. The fourth-order valence-electron chi connectivity index (χ4n) is 5.53. The highest BCUT2D eigenvalue weighted by molar-refractivity contribution is 9.10. The van der Waals surface area contributed by atoms with Gasteiger partial charge in [-0.3, -0.25) is 0 Å². The second-order valence-corrected chi connectivity index (χ2v) is 17.6. The Labute approximate surface area is 319 Å². The van der Waals surface area contributed by atoms with Gasteiger partial charge in [0.25, 0.3) is 0 Å². The van der Waals surface area contributed by atoms with E-state index in [0.717, 1.165) is 32.7 Å². The SMILES string of the molecule is CC1(C)OB(B2OC(C)(C)C(C)(C)O2)OC1(C)C.Cc1ccn(-c2cccc(B3OC(C)(C)C(C)(C)O3)c2)n1.Cc1ccn(-c2cccc(Br)c2)n1. The summed E-state index contributed by atoms with van der Waals surface area (Å²) in [6, 6.07) is 20.2. The number of aromatic nitrogens is 4. The lowest BCUT2D eigenvalue weighted by molar-refractivity contribution is 0.00578. The van der Waals surface area contributed by atoms with Crippen LogP contribution >= 0.6 is 15.9 Å². The number of hydrogen-bond donors (Lipinski definition) is 0. The minimum Gasteiger partial charge on any atom is -0.405 e. The van der Waals surface area contributed by atoms with Crippen LogP contribution in [0.1, 0.15) is 94.5 Å². The molecule has 2 aromatic heterocycles. The maximum atomic E-state index is 6.09. The summed E-state index contributed by atoms with van der Waals surface area (Å²) in [6.45, 7) is 28.4. The summed E-state index contributed by atoms with van der Waals surface area (Å²) in [5, 5.41) is 8.76. The highest BCUT2D eigenvalue weighted by Gasteiger charge is 2.63. The quantitative estimate of drug-likeness (QED) is 0.195. The number of hydrogen-bond acceptors (Lipinski definition) is 8. The molecule has 3 fully saturated rings. The van der Waals surface area contributed by atoms with E-state index in [1.165, 1.54) is 0 Å². The maximum absolute atomic E-state index is 6.09. The first-order chi connectivity index (χ1) is 23.9. The van der Waals surface area contributed by atoms with Crippen LogP contribution in [0.2, 0.25) is 0 Å². The first kappa shape index (κ1) is 40.5. The first-order valence-electron chi connectivity index (χ1n) is 17.9. The molecule has 0 bridgehead atoms. The third kappa shape index (κ3) is 8.64. The van der Waals surface area contributed by atoms with Gasteiger partial charge in [-0.2, -0.15) is 10.2 Å². The normalized spacial score (nSPS) is 21.7. The fourth-order valence-corrected chi connectivity index (χ4v) is 5.92. The largest absolute Gasteiger partial charge is 0.494 e. The number of aryl methyl sites for hydroxylation is 2. The van der Waals surface area contributed by atoms with E-state index in [1.807, 2.05) is 146 Å². The molecule has 2 aromatic carbocycles. The average Bonchev–Trinajstić information content (AvgIpc) is 3.80. The molecule has 278 valence electrons. The van der Waals surface area contributed by atoms with Gasteiger partial charge in [-0.05, 0) is 145 Å². The van der Waals surface area contributed by atoms with Gasteiger partial charge in [0, 0.05) is 16.9 Å². The van der Waals surface area contributed by atoms with Crippen molar-refractivity contribution in [3.8, 4) is 11.4 Å². The Hall–Kier alpha value is -2.71. The molecular weight excluding hydrogens is 721 g/mol. The van der Waals surface area contributed by atoms with Crippen LogP contribution in [0.25, 0.3) is 11.4 Å². The molecule has 0 aliphatic carbocycles. The van der Waals surface area contributed by atoms with Gasteiger partial charge in [0.2, 0.25) is 0 Å². The zero-order valence-corrected chi connectivity index (χ0v) is 34.9. The minimum absolute atomic E-state index is 0.323. The van der Waals surface area contributed by atoms with Crippen LogP contribution in [0, 0.1) is 13.8 Å². The smallest absolute Gasteiger partial charge is 0.405 e. The number of rotatable bonds is 4. The van der Waals surface area contributed by atoms with E-state index < -0.39 is 14.0 Å². The molecule has 0 N–H and O–H groups in total. The van der Waals surface area contributed by atoms with Crippen LogP contribution in [-0.2, 0) is 27.9 Å². The Bertz CT molecular complexity index is 1770. The highest BCUT2D eigenvalue weighted by Crippen LogP contribution is 2.43. The first-order valence-corrected chi connectivity index (χ1v) is 18.7. The lowest BCUT2D eigenvalue weighted by atomic mass is 9.49. The van der Waals surface area contributed by atoms with E-state index in [9.17, 15) is 0 Å². The molecule has 3 aliphatic rings. The van der Waals surface area contributed by atoms with Gasteiger partial charge in [-0.1, -0.05) is 34.1 Å². The Kier molecular flexibility index (Phi) is 11.3. The fraction of sp³-hybridized carbons (Fsp3) is 0.526. The van der Waals surface area contributed by atoms with Crippen molar-refractivity contribution in [2.75, 3.05) is 0 Å². The van der Waals surface area contributed by atoms with E-state index in [1.54, 1.807) is 0 Å². The Morgan fingerprint density at radius 1 is 0.500 bits per heavy atom. The number of halogens is 1. The molecule has 5 heterocycles. The summed E-state index contributed by atoms with van der Waals surface area (Å²) in [5.41, 5.74) is 3.03. The number of nitrogens with zero attached hydrogens (tertiary/aromatic N) is 4. The predicted octanol–water partition coefficient (Wildman–Crippen LogP) is 7.67. The number of benzene rings is 2. The molecule has 0 atom stereocenters. The Balaban J connectivity index is 0.000000155. The van der Waals surface area contributed by atoms with Crippen molar-refractivity contribution < 1.29 is 27.9 Å². The van der Waals surface area contributed by atoms with Crippen molar-refractivity contribution in [2.24, 2.45) is 0 Å². The molecule has 0 spiro atoms. The van der Waals surface area contributed by atoms with Crippen LogP contribution in [0.3, 0.4) is 0 Å². The van der Waals surface area contributed by atoms with Crippen molar-refractivity contribution in [1.29, 1.82) is 0 Å². The van der Waals surface area contributed by atoms with Gasteiger partial charge >= 0.3 is 21.1 Å². The molecule has 0 amide bonds. The molecule has 14 heteroatoms. The van der Waals surface area contributed by atoms with Crippen LogP contribution in [-0.4, -0.2) is 74.3 Å². The molecule has 7 rings (SSSR count). The van der Waals surface area contributed by atoms with E-state index in [2.05, 4.69) is 59.9 Å². The van der Waals surface area contributed by atoms with E-state index in [0.29, 0.717) is 0 Å². The maximum Gasteiger partial charge on any atom is 0.494 e. The summed E-state index contributed by atoms with van der Waals surface area (Å²) < 4.78 is 40.8. The van der Waals surface area contributed by atoms with Crippen molar-refractivity contribution >= 4 is 42.5 Å². The zero-order valence-electron chi connectivity index (χ0n) is 33.3. The molecular formula is C38H54B3BrN4O6. The van der Waals surface area contributed by atoms with Crippen molar-refractivity contribution in [2.45, 2.75) is 131 Å². The van der Waals surface area contributed by atoms with Gasteiger partial charge in [-0.15, -0.1) is 0 Å². The Morgan fingerprint density at radius 2 is 0.865 bits per heavy atom. The highest BCUT2D eigenvalue weighted by atomic mass is 79.9. The average molecular weight is 775 g/mol. The third-order valence-electron chi connectivity index (χ3n) is 10.9. The summed E-state index contributed by atoms with van der Waals surface area (Å²) in [6.07, 6.45) is 3.91. The van der Waals surface area contributed by atoms with E-state index in [4.69, 9.17) is 27.9 Å². The van der Waals surface area contributed by atoms with Gasteiger partial charge in [0.15, 0.2) is 0 Å². The van der Waals surface area contributed by atoms with Gasteiger partial charge in [-0.25, -0.2) is 9.36 Å². The van der Waals surface area contributed by atoms with Crippen LogP contribution in [0.4, 0.5) is 0 Å². The van der Waals surface area contributed by atoms with Crippen molar-refractivity contribution in [3.63, 3.8) is 0 Å². The lowest BCUT2D eigenvalue weighted by Crippen LogP contribution is -2.41. The van der Waals surface area contributed by atoms with Gasteiger partial charge in [0.05, 0.1) is 56.4 Å². The van der Waals surface area contributed by atoms with Crippen LogP contribution in [0.15, 0.2) is 77.5 Å². The zero-order chi connectivity index (χ0) is 38.5. The third-order valence-corrected chi connectivity index (χ3v) is 11.4. The topological polar surface area (TPSA) is 91.0 Å². The molecule has 4 aromatic rings. The standard InChI is InChI=1S/C16H21BN2O2.C12H24B2O4.C10H9BrN2/c1-12-9-10-19(18-12)14-8-6-7-13(11-14)17-20-15(2,3)16(4,5)21-17;1-9(2)10(3,4)16-13(15-9)14-17-11(5,6)12(7,8)18-14;1-8-5-6-13(12-8)10-4-2-3-9(11)7-10/h6-11H,1-5H3;1-8H3;2-7H,1H3. The lowest BCUT2D eigenvalue weighted by Gasteiger charge is -2.32. The van der Waals surface area contributed by atoms with E-state index >= 15 is 0 Å². The molecule has 0 radical (unpaired) electrons. The molecule has 0 saturated carbocycles. The molecule has 3 aliphatic heterocycles. The Morgan fingerprint density at radius 3 is 1.23 bits per heavy atom. The van der Waals surface area contributed by atoms with Crippen LogP contribution in [0.5, 0.6) is 0 Å². The molecule has 52 heavy (non-hydrogen) atoms. The molecule has 3 saturated heterocycles. The minimum atomic E-state index is -0.476. The molecule has 10 nitrogen and oxygen atoms in total. The monoisotopic (exact) mass is 774 g/mol. The van der Waals surface area contributed by atoms with E-state index in [-0.39, 0.29) is 40.7 Å². The summed E-state index contributed by atoms with van der Waals surface area (Å²) >= 11 is 3.43. The second kappa shape index (κ2) is 14.5. The second-order valence-electron chi connectivity index (χ2n) is 16.7. The van der Waals surface area contributed by atoms with Crippen molar-refractivity contribution in [3.05, 3.63) is 88.9 Å².